The summed E-state index contributed by atoms with van der Waals surface area (Å²) in [5.74, 6) is 1.13. The van der Waals surface area contributed by atoms with Crippen LogP contribution in [-0.2, 0) is 10.0 Å². The van der Waals surface area contributed by atoms with Crippen molar-refractivity contribution >= 4 is 27.3 Å². The molecule has 0 bridgehead atoms. The fourth-order valence-corrected chi connectivity index (χ4v) is 5.74. The molecule has 0 aliphatic carbocycles. The Morgan fingerprint density at radius 2 is 1.66 bits per heavy atom. The zero-order chi connectivity index (χ0) is 22.9. The van der Waals surface area contributed by atoms with Gasteiger partial charge in [0.2, 0.25) is 0 Å². The summed E-state index contributed by atoms with van der Waals surface area (Å²) < 4.78 is 39.3. The van der Waals surface area contributed by atoms with Gasteiger partial charge in [-0.1, -0.05) is 48.0 Å². The first-order valence-electron chi connectivity index (χ1n) is 10.0. The first-order chi connectivity index (χ1) is 15.4. The molecule has 6 nitrogen and oxygen atoms in total. The van der Waals surface area contributed by atoms with Crippen LogP contribution in [0.3, 0.4) is 0 Å². The topological polar surface area (TPSA) is 68.2 Å². The number of hydrogen-bond acceptors (Lipinski definition) is 5. The van der Waals surface area contributed by atoms with Gasteiger partial charge in [0, 0.05) is 17.0 Å². The molecule has 32 heavy (non-hydrogen) atoms. The second-order valence-electron chi connectivity index (χ2n) is 7.40. The van der Waals surface area contributed by atoms with Crippen LogP contribution in [0.2, 0.25) is 5.02 Å². The van der Waals surface area contributed by atoms with Gasteiger partial charge in [0.15, 0.2) is 11.5 Å². The Kier molecular flexibility index (Phi) is 6.13. The SMILES string of the molecule is COc1ccc(C2=NN(S(=O)(=O)c3ccccc3C)[C@@H](c3ccccc3Cl)C2)cc1OC. The monoisotopic (exact) mass is 470 g/mol. The number of nitrogens with zero attached hydrogens (tertiary/aromatic N) is 2. The number of halogens is 1. The molecule has 0 amide bonds. The van der Waals surface area contributed by atoms with E-state index in [0.717, 1.165) is 5.56 Å². The molecule has 1 aliphatic rings. The van der Waals surface area contributed by atoms with Crippen molar-refractivity contribution in [3.8, 4) is 11.5 Å². The standard InChI is InChI=1S/C24H23ClN2O4S/c1-16-8-4-7-11-24(16)32(28,29)27-21(18-9-5-6-10-19(18)25)15-20(26-27)17-12-13-22(30-2)23(14-17)31-3/h4-14,21H,15H2,1-3H3/t21-/m1/s1. The lowest BCUT2D eigenvalue weighted by molar-refractivity contribution is 0.355. The second-order valence-corrected chi connectivity index (χ2v) is 9.57. The minimum Gasteiger partial charge on any atom is -0.493 e. The number of benzene rings is 3. The van der Waals surface area contributed by atoms with Crippen molar-refractivity contribution in [2.75, 3.05) is 14.2 Å². The van der Waals surface area contributed by atoms with Crippen LogP contribution in [0, 0.1) is 6.92 Å². The van der Waals surface area contributed by atoms with Gasteiger partial charge >= 0.3 is 0 Å². The van der Waals surface area contributed by atoms with E-state index in [4.69, 9.17) is 21.1 Å². The molecule has 1 aliphatic heterocycles. The molecule has 3 aromatic carbocycles. The number of methoxy groups -OCH3 is 2. The molecule has 0 saturated heterocycles. The highest BCUT2D eigenvalue weighted by Gasteiger charge is 2.39. The van der Waals surface area contributed by atoms with Crippen LogP contribution >= 0.6 is 11.6 Å². The Bertz CT molecular complexity index is 1290. The van der Waals surface area contributed by atoms with E-state index in [1.165, 1.54) is 4.41 Å². The van der Waals surface area contributed by atoms with Crippen LogP contribution in [-0.4, -0.2) is 32.8 Å². The minimum atomic E-state index is -3.92. The summed E-state index contributed by atoms with van der Waals surface area (Å²) in [7, 11) is -0.802. The van der Waals surface area contributed by atoms with Crippen LogP contribution in [0.5, 0.6) is 11.5 Å². The highest BCUT2D eigenvalue weighted by atomic mass is 35.5. The largest absolute Gasteiger partial charge is 0.493 e. The molecular weight excluding hydrogens is 448 g/mol. The Morgan fingerprint density at radius 3 is 2.34 bits per heavy atom. The van der Waals surface area contributed by atoms with E-state index in [0.29, 0.717) is 39.8 Å². The smallest absolute Gasteiger partial charge is 0.279 e. The Hall–Kier alpha value is -3.03. The maximum atomic E-state index is 13.7. The maximum Gasteiger partial charge on any atom is 0.279 e. The van der Waals surface area contributed by atoms with Crippen molar-refractivity contribution in [2.45, 2.75) is 24.3 Å². The van der Waals surface area contributed by atoms with Crippen molar-refractivity contribution in [2.24, 2.45) is 5.10 Å². The van der Waals surface area contributed by atoms with Crippen molar-refractivity contribution in [3.63, 3.8) is 0 Å². The summed E-state index contributed by atoms with van der Waals surface area (Å²) in [4.78, 5) is 0.217. The lowest BCUT2D eigenvalue weighted by Crippen LogP contribution is -2.28. The summed E-state index contributed by atoms with van der Waals surface area (Å²) in [5, 5.41) is 5.08. The van der Waals surface area contributed by atoms with Crippen molar-refractivity contribution in [1.29, 1.82) is 0 Å². The predicted molar refractivity (Wildman–Crippen MR) is 125 cm³/mol. The highest BCUT2D eigenvalue weighted by molar-refractivity contribution is 7.89. The van der Waals surface area contributed by atoms with Gasteiger partial charge in [-0.25, -0.2) is 0 Å². The molecule has 0 fully saturated rings. The Labute approximate surface area is 193 Å². The Balaban J connectivity index is 1.85. The van der Waals surface area contributed by atoms with Gasteiger partial charge in [-0.05, 0) is 48.4 Å². The summed E-state index contributed by atoms with van der Waals surface area (Å²) in [6.07, 6.45) is 0.365. The molecule has 0 spiro atoms. The predicted octanol–water partition coefficient (Wildman–Crippen LogP) is 5.21. The van der Waals surface area contributed by atoms with E-state index in [9.17, 15) is 8.42 Å². The van der Waals surface area contributed by atoms with Crippen LogP contribution in [0.1, 0.15) is 29.2 Å². The van der Waals surface area contributed by atoms with Gasteiger partial charge < -0.3 is 9.47 Å². The molecule has 0 N–H and O–H groups in total. The maximum absolute atomic E-state index is 13.7. The molecule has 8 heteroatoms. The molecule has 0 aromatic heterocycles. The zero-order valence-electron chi connectivity index (χ0n) is 17.9. The minimum absolute atomic E-state index is 0.217. The van der Waals surface area contributed by atoms with E-state index in [-0.39, 0.29) is 4.90 Å². The van der Waals surface area contributed by atoms with Crippen LogP contribution in [0.15, 0.2) is 76.7 Å². The average molecular weight is 471 g/mol. The Morgan fingerprint density at radius 1 is 0.969 bits per heavy atom. The van der Waals surface area contributed by atoms with E-state index < -0.39 is 16.1 Å². The third kappa shape index (κ3) is 3.94. The molecule has 0 saturated carbocycles. The summed E-state index contributed by atoms with van der Waals surface area (Å²) in [6, 6.07) is 19.0. The lowest BCUT2D eigenvalue weighted by Gasteiger charge is -2.24. The van der Waals surface area contributed by atoms with E-state index in [1.807, 2.05) is 30.3 Å². The van der Waals surface area contributed by atoms with Crippen molar-refractivity contribution in [3.05, 3.63) is 88.4 Å². The number of hydrogen-bond donors (Lipinski definition) is 0. The van der Waals surface area contributed by atoms with Gasteiger partial charge in [-0.3, -0.25) is 0 Å². The van der Waals surface area contributed by atoms with Crippen LogP contribution < -0.4 is 9.47 Å². The molecule has 1 heterocycles. The lowest BCUT2D eigenvalue weighted by atomic mass is 9.99. The number of rotatable bonds is 6. The molecule has 1 atom stereocenters. The van der Waals surface area contributed by atoms with E-state index in [1.54, 1.807) is 57.5 Å². The van der Waals surface area contributed by atoms with Crippen molar-refractivity contribution in [1.82, 2.24) is 4.41 Å². The first-order valence-corrected chi connectivity index (χ1v) is 11.8. The first kappa shape index (κ1) is 22.2. The molecule has 0 radical (unpaired) electrons. The quantitative estimate of drug-likeness (QED) is 0.496. The molecule has 166 valence electrons. The van der Waals surface area contributed by atoms with Gasteiger partial charge in [0.1, 0.15) is 0 Å². The van der Waals surface area contributed by atoms with E-state index >= 15 is 0 Å². The van der Waals surface area contributed by atoms with Gasteiger partial charge in [0.05, 0.1) is 30.9 Å². The summed E-state index contributed by atoms with van der Waals surface area (Å²) in [5.41, 5.74) is 2.72. The summed E-state index contributed by atoms with van der Waals surface area (Å²) in [6.45, 7) is 1.77. The van der Waals surface area contributed by atoms with Crippen molar-refractivity contribution < 1.29 is 17.9 Å². The zero-order valence-corrected chi connectivity index (χ0v) is 19.5. The molecular formula is C24H23ClN2O4S. The molecule has 3 aromatic rings. The molecule has 4 rings (SSSR count). The highest BCUT2D eigenvalue weighted by Crippen LogP contribution is 2.41. The number of sulfonamides is 1. The molecule has 0 unspecified atom stereocenters. The fourth-order valence-electron chi connectivity index (χ4n) is 3.82. The number of hydrazone groups is 1. The number of aryl methyl sites for hydroxylation is 1. The van der Waals surface area contributed by atoms with Crippen LogP contribution in [0.4, 0.5) is 0 Å². The van der Waals surface area contributed by atoms with Crippen LogP contribution in [0.25, 0.3) is 0 Å². The van der Waals surface area contributed by atoms with Gasteiger partial charge in [0.25, 0.3) is 10.0 Å². The summed E-state index contributed by atoms with van der Waals surface area (Å²) >= 11 is 6.47. The number of ether oxygens (including phenoxy) is 2. The van der Waals surface area contributed by atoms with Gasteiger partial charge in [-0.15, -0.1) is 0 Å². The second kappa shape index (κ2) is 8.84. The fraction of sp³-hybridized carbons (Fsp3) is 0.208. The average Bonchev–Trinajstić information content (AvgIpc) is 3.25. The van der Waals surface area contributed by atoms with Gasteiger partial charge in [-0.2, -0.15) is 17.9 Å². The normalized spacial score (nSPS) is 16.1. The third-order valence-electron chi connectivity index (χ3n) is 5.47. The van der Waals surface area contributed by atoms with E-state index in [2.05, 4.69) is 5.10 Å². The third-order valence-corrected chi connectivity index (χ3v) is 7.66.